The molecule has 0 amide bonds. The third kappa shape index (κ3) is 7.43. The van der Waals surface area contributed by atoms with Crippen LogP contribution in [0.3, 0.4) is 0 Å². The van der Waals surface area contributed by atoms with Crippen LogP contribution in [-0.4, -0.2) is 39.8 Å². The van der Waals surface area contributed by atoms with E-state index < -0.39 is 18.6 Å². The number of carboxylic acids is 1. The molecule has 0 aromatic heterocycles. The number of carboxylic acid groups (broad SMARTS) is 1. The van der Waals surface area contributed by atoms with Crippen molar-refractivity contribution >= 4 is 37.9 Å². The van der Waals surface area contributed by atoms with E-state index in [9.17, 15) is 9.90 Å². The Balaban J connectivity index is 0.00000312. The number of unbranched alkanes of at least 4 members (excludes halogenated alkanes) is 1. The highest BCUT2D eigenvalue weighted by molar-refractivity contribution is 6.40. The number of hydrogen-bond donors (Lipinski definition) is 5. The number of nitrogens with two attached hydrogens (primary N) is 1. The van der Waals surface area contributed by atoms with E-state index in [0.717, 1.165) is 13.0 Å². The fraction of sp³-hybridized carbons (Fsp3) is 0.588. The van der Waals surface area contributed by atoms with E-state index in [2.05, 4.69) is 17.4 Å². The molecular weight excluding hydrogens is 378 g/mol. The van der Waals surface area contributed by atoms with Crippen LogP contribution in [0.4, 0.5) is 0 Å². The van der Waals surface area contributed by atoms with Crippen LogP contribution in [0.5, 0.6) is 0 Å². The molecule has 2 rings (SSSR count). The smallest absolute Gasteiger partial charge is 0.451 e. The van der Waals surface area contributed by atoms with Crippen LogP contribution in [0, 0.1) is 0 Å². The van der Waals surface area contributed by atoms with E-state index in [-0.39, 0.29) is 37.2 Å². The minimum absolute atomic E-state index is 0. The van der Waals surface area contributed by atoms with Crippen LogP contribution in [0.25, 0.3) is 0 Å². The number of fused-ring (bicyclic) bond motifs is 1. The van der Waals surface area contributed by atoms with Crippen molar-refractivity contribution in [3.63, 3.8) is 0 Å². The van der Waals surface area contributed by atoms with Crippen LogP contribution in [0.15, 0.2) is 24.3 Å². The average molecular weight is 407 g/mol. The van der Waals surface area contributed by atoms with Gasteiger partial charge in [0.1, 0.15) is 5.54 Å². The third-order valence-corrected chi connectivity index (χ3v) is 4.87. The average Bonchev–Trinajstić information content (AvgIpc) is 2.56. The lowest BCUT2D eigenvalue weighted by atomic mass is 9.80. The van der Waals surface area contributed by atoms with Crippen molar-refractivity contribution in [3.05, 3.63) is 35.4 Å². The van der Waals surface area contributed by atoms with Gasteiger partial charge in [-0.1, -0.05) is 37.1 Å². The Morgan fingerprint density at radius 1 is 1.19 bits per heavy atom. The number of benzene rings is 1. The van der Waals surface area contributed by atoms with Gasteiger partial charge >= 0.3 is 13.1 Å². The molecule has 26 heavy (non-hydrogen) atoms. The fourth-order valence-electron chi connectivity index (χ4n) is 3.26. The summed E-state index contributed by atoms with van der Waals surface area (Å²) in [5.74, 6) is -0.983. The van der Waals surface area contributed by atoms with Crippen LogP contribution in [0.2, 0.25) is 6.32 Å². The molecule has 2 unspecified atom stereocenters. The molecule has 0 radical (unpaired) electrons. The fourth-order valence-corrected chi connectivity index (χ4v) is 3.26. The second-order valence-corrected chi connectivity index (χ2v) is 6.78. The highest BCUT2D eigenvalue weighted by atomic mass is 35.5. The van der Waals surface area contributed by atoms with Gasteiger partial charge in [0, 0.05) is 12.6 Å². The summed E-state index contributed by atoms with van der Waals surface area (Å²) in [6.45, 7) is 0.805. The van der Waals surface area contributed by atoms with Gasteiger partial charge in [-0.3, -0.25) is 4.79 Å². The number of rotatable bonds is 9. The number of halogens is 2. The molecule has 148 valence electrons. The van der Waals surface area contributed by atoms with Gasteiger partial charge in [0.05, 0.1) is 0 Å². The van der Waals surface area contributed by atoms with Crippen molar-refractivity contribution in [2.75, 3.05) is 0 Å². The molecule has 1 aliphatic rings. The zero-order valence-electron chi connectivity index (χ0n) is 14.8. The van der Waals surface area contributed by atoms with E-state index in [1.165, 1.54) is 11.1 Å². The Hall–Kier alpha value is -0.825. The van der Waals surface area contributed by atoms with Crippen molar-refractivity contribution in [3.8, 4) is 0 Å². The predicted octanol–water partition coefficient (Wildman–Crippen LogP) is 1.75. The van der Waals surface area contributed by atoms with Crippen molar-refractivity contribution in [2.24, 2.45) is 5.73 Å². The topological polar surface area (TPSA) is 116 Å². The number of carbonyl (C=O) groups is 1. The molecule has 0 bridgehead atoms. The molecule has 0 fully saturated rings. The number of nitrogens with one attached hydrogen (secondary N) is 1. The molecular formula is C17H29BCl2N2O4. The summed E-state index contributed by atoms with van der Waals surface area (Å²) in [4.78, 5) is 11.6. The van der Waals surface area contributed by atoms with E-state index in [1.807, 2.05) is 12.1 Å². The SMILES string of the molecule is Cl.Cl.NC(CCCCB(O)O)(CCC1Cc2ccccc2CN1)C(=O)O. The van der Waals surface area contributed by atoms with Gasteiger partial charge < -0.3 is 26.2 Å². The number of aliphatic carboxylic acids is 1. The van der Waals surface area contributed by atoms with Gasteiger partial charge in [0.15, 0.2) is 0 Å². The molecule has 1 heterocycles. The van der Waals surface area contributed by atoms with E-state index >= 15 is 0 Å². The highest BCUT2D eigenvalue weighted by Crippen LogP contribution is 2.24. The van der Waals surface area contributed by atoms with Crippen molar-refractivity contribution < 1.29 is 19.9 Å². The molecule has 0 aliphatic carbocycles. The maximum atomic E-state index is 11.6. The summed E-state index contributed by atoms with van der Waals surface area (Å²) in [5.41, 5.74) is 7.48. The Labute approximate surface area is 167 Å². The molecule has 0 saturated carbocycles. The molecule has 9 heteroatoms. The Kier molecular flexibility index (Phi) is 11.4. The van der Waals surface area contributed by atoms with Gasteiger partial charge in [-0.2, -0.15) is 0 Å². The standard InChI is InChI=1S/C17H27BN2O4.2ClH/c19-17(16(21)22,8-3-4-10-18(23)24)9-7-15-11-13-5-1-2-6-14(13)12-20-15;;/h1-2,5-6,15,20,23-24H,3-4,7-12,19H2,(H,21,22);2*1H. The highest BCUT2D eigenvalue weighted by Gasteiger charge is 2.34. The molecule has 1 aliphatic heterocycles. The van der Waals surface area contributed by atoms with Crippen molar-refractivity contribution in [2.45, 2.75) is 63.0 Å². The molecule has 1 aromatic carbocycles. The van der Waals surface area contributed by atoms with Gasteiger partial charge in [0.2, 0.25) is 0 Å². The Morgan fingerprint density at radius 2 is 1.85 bits per heavy atom. The quantitative estimate of drug-likeness (QED) is 0.315. The van der Waals surface area contributed by atoms with E-state index in [1.54, 1.807) is 0 Å². The maximum absolute atomic E-state index is 11.6. The summed E-state index contributed by atoms with van der Waals surface area (Å²) < 4.78 is 0. The van der Waals surface area contributed by atoms with Crippen LogP contribution in [-0.2, 0) is 17.8 Å². The first-order valence-corrected chi connectivity index (χ1v) is 8.59. The van der Waals surface area contributed by atoms with Gasteiger partial charge in [-0.05, 0) is 43.1 Å². The summed E-state index contributed by atoms with van der Waals surface area (Å²) in [5, 5.41) is 30.6. The third-order valence-electron chi connectivity index (χ3n) is 4.87. The van der Waals surface area contributed by atoms with Gasteiger partial charge in [-0.15, -0.1) is 24.8 Å². The molecule has 6 nitrogen and oxygen atoms in total. The molecule has 6 N–H and O–H groups in total. The minimum atomic E-state index is -1.34. The predicted molar refractivity (Wildman–Crippen MR) is 108 cm³/mol. The van der Waals surface area contributed by atoms with Gasteiger partial charge in [-0.25, -0.2) is 0 Å². The van der Waals surface area contributed by atoms with Crippen molar-refractivity contribution in [1.29, 1.82) is 0 Å². The monoisotopic (exact) mass is 406 g/mol. The van der Waals surface area contributed by atoms with Crippen LogP contribution >= 0.6 is 24.8 Å². The lowest BCUT2D eigenvalue weighted by Crippen LogP contribution is -2.49. The second kappa shape index (κ2) is 11.8. The molecule has 2 atom stereocenters. The summed E-state index contributed by atoms with van der Waals surface area (Å²) in [7, 11) is -1.34. The maximum Gasteiger partial charge on any atom is 0.451 e. The molecule has 1 aromatic rings. The largest absolute Gasteiger partial charge is 0.480 e. The summed E-state index contributed by atoms with van der Waals surface area (Å²) >= 11 is 0. The van der Waals surface area contributed by atoms with Crippen LogP contribution in [0.1, 0.15) is 43.2 Å². The lowest BCUT2D eigenvalue weighted by molar-refractivity contribution is -0.144. The first kappa shape index (κ1) is 25.2. The van der Waals surface area contributed by atoms with E-state index in [0.29, 0.717) is 32.1 Å². The zero-order valence-corrected chi connectivity index (χ0v) is 16.4. The van der Waals surface area contributed by atoms with E-state index in [4.69, 9.17) is 15.8 Å². The lowest BCUT2D eigenvalue weighted by Gasteiger charge is -2.30. The summed E-state index contributed by atoms with van der Waals surface area (Å²) in [6.07, 6.45) is 3.72. The zero-order chi connectivity index (χ0) is 17.6. The second-order valence-electron chi connectivity index (χ2n) is 6.78. The Morgan fingerprint density at radius 3 is 2.46 bits per heavy atom. The first-order valence-electron chi connectivity index (χ1n) is 8.59. The first-order chi connectivity index (χ1) is 11.4. The molecule has 0 saturated heterocycles. The van der Waals surface area contributed by atoms with Gasteiger partial charge in [0.25, 0.3) is 0 Å². The van der Waals surface area contributed by atoms with Crippen molar-refractivity contribution in [1.82, 2.24) is 5.32 Å². The summed E-state index contributed by atoms with van der Waals surface area (Å²) in [6, 6.07) is 8.52. The van der Waals surface area contributed by atoms with Crippen LogP contribution < -0.4 is 11.1 Å². The Bertz CT molecular complexity index is 565. The minimum Gasteiger partial charge on any atom is -0.480 e. The molecule has 0 spiro atoms. The normalized spacial score (nSPS) is 17.9. The number of hydrogen-bond acceptors (Lipinski definition) is 5.